The summed E-state index contributed by atoms with van der Waals surface area (Å²) in [5.41, 5.74) is 7.27. The van der Waals surface area contributed by atoms with Crippen molar-refractivity contribution in [2.45, 2.75) is 43.0 Å². The number of benzene rings is 2. The van der Waals surface area contributed by atoms with Crippen LogP contribution in [0, 0.1) is 17.7 Å². The molecular weight excluding hydrogens is 437 g/mol. The first-order valence-corrected chi connectivity index (χ1v) is 12.0. The standard InChI is InChI=1S/C22H28FN3O5S/c23-17-5-7-18(8-6-17)31-19-9-11-20(12-10-19)32(29,30)26-21(22(27)25-28)13-15-1-3-16(14-24)4-2-15/h5-12,15-16,21,26,28H,1-4,13-14,24H2,(H,25,27)/t15?,16?,21-/m0/s1. The van der Waals surface area contributed by atoms with Crippen LogP contribution in [0.5, 0.6) is 11.5 Å². The van der Waals surface area contributed by atoms with Crippen molar-refractivity contribution in [3.05, 3.63) is 54.3 Å². The average Bonchev–Trinajstić information content (AvgIpc) is 2.80. The van der Waals surface area contributed by atoms with E-state index in [0.717, 1.165) is 25.7 Å². The number of nitrogens with two attached hydrogens (primary N) is 1. The zero-order valence-electron chi connectivity index (χ0n) is 17.5. The summed E-state index contributed by atoms with van der Waals surface area (Å²) in [6.07, 6.45) is 3.88. The second-order valence-electron chi connectivity index (χ2n) is 8.04. The molecule has 1 amide bonds. The van der Waals surface area contributed by atoms with Crippen molar-refractivity contribution in [2.24, 2.45) is 17.6 Å². The van der Waals surface area contributed by atoms with Crippen LogP contribution in [0.15, 0.2) is 53.4 Å². The van der Waals surface area contributed by atoms with E-state index in [-0.39, 0.29) is 17.2 Å². The van der Waals surface area contributed by atoms with E-state index in [9.17, 15) is 17.6 Å². The van der Waals surface area contributed by atoms with Crippen molar-refractivity contribution in [2.75, 3.05) is 6.54 Å². The van der Waals surface area contributed by atoms with Crippen molar-refractivity contribution in [1.29, 1.82) is 0 Å². The molecule has 3 rings (SSSR count). The minimum atomic E-state index is -4.02. The van der Waals surface area contributed by atoms with E-state index in [1.165, 1.54) is 48.5 Å². The summed E-state index contributed by atoms with van der Waals surface area (Å²) in [6, 6.07) is 9.96. The number of carbonyl (C=O) groups is 1. The van der Waals surface area contributed by atoms with Gasteiger partial charge in [-0.25, -0.2) is 18.3 Å². The van der Waals surface area contributed by atoms with Gasteiger partial charge >= 0.3 is 0 Å². The highest BCUT2D eigenvalue weighted by Gasteiger charge is 2.30. The lowest BCUT2D eigenvalue weighted by atomic mass is 9.79. The van der Waals surface area contributed by atoms with Crippen LogP contribution in [0.2, 0.25) is 0 Å². The van der Waals surface area contributed by atoms with E-state index in [1.54, 1.807) is 5.48 Å². The third-order valence-corrected chi connectivity index (χ3v) is 7.26. The summed E-state index contributed by atoms with van der Waals surface area (Å²) >= 11 is 0. The van der Waals surface area contributed by atoms with Gasteiger partial charge in [0.1, 0.15) is 23.4 Å². The quantitative estimate of drug-likeness (QED) is 0.333. The third kappa shape index (κ3) is 6.49. The Morgan fingerprint density at radius 1 is 1.03 bits per heavy atom. The lowest BCUT2D eigenvalue weighted by Crippen LogP contribution is -2.47. The van der Waals surface area contributed by atoms with Gasteiger partial charge in [0.25, 0.3) is 5.91 Å². The van der Waals surface area contributed by atoms with Crippen molar-refractivity contribution in [1.82, 2.24) is 10.2 Å². The molecule has 10 heteroatoms. The Morgan fingerprint density at radius 3 is 2.09 bits per heavy atom. The SMILES string of the molecule is NCC1CCC(C[C@H](NS(=O)(=O)c2ccc(Oc3ccc(F)cc3)cc2)C(=O)NO)CC1. The highest BCUT2D eigenvalue weighted by molar-refractivity contribution is 7.89. The molecule has 0 unspecified atom stereocenters. The molecule has 32 heavy (non-hydrogen) atoms. The summed E-state index contributed by atoms with van der Waals surface area (Å²) in [5.74, 6) is 0.212. The van der Waals surface area contributed by atoms with Gasteiger partial charge in [0.2, 0.25) is 10.0 Å². The zero-order chi connectivity index (χ0) is 23.1. The molecule has 0 spiro atoms. The first-order valence-electron chi connectivity index (χ1n) is 10.5. The summed E-state index contributed by atoms with van der Waals surface area (Å²) in [6.45, 7) is 0.626. The second-order valence-corrected chi connectivity index (χ2v) is 9.75. The Morgan fingerprint density at radius 2 is 1.56 bits per heavy atom. The van der Waals surface area contributed by atoms with Crippen LogP contribution >= 0.6 is 0 Å². The van der Waals surface area contributed by atoms with Gasteiger partial charge in [-0.1, -0.05) is 12.8 Å². The summed E-state index contributed by atoms with van der Waals surface area (Å²) in [7, 11) is -4.02. The summed E-state index contributed by atoms with van der Waals surface area (Å²) in [5, 5.41) is 9.08. The predicted molar refractivity (Wildman–Crippen MR) is 116 cm³/mol. The predicted octanol–water partition coefficient (Wildman–Crippen LogP) is 2.93. The number of sulfonamides is 1. The van der Waals surface area contributed by atoms with Crippen molar-refractivity contribution >= 4 is 15.9 Å². The van der Waals surface area contributed by atoms with Crippen LogP contribution in [0.1, 0.15) is 32.1 Å². The lowest BCUT2D eigenvalue weighted by molar-refractivity contribution is -0.131. The first-order chi connectivity index (χ1) is 15.3. The van der Waals surface area contributed by atoms with Crippen LogP contribution in [0.4, 0.5) is 4.39 Å². The maximum atomic E-state index is 13.0. The number of carbonyl (C=O) groups excluding carboxylic acids is 1. The van der Waals surface area contributed by atoms with Crippen LogP contribution in [-0.2, 0) is 14.8 Å². The highest BCUT2D eigenvalue weighted by Crippen LogP contribution is 2.31. The fourth-order valence-electron chi connectivity index (χ4n) is 3.90. The van der Waals surface area contributed by atoms with Gasteiger partial charge in [0.05, 0.1) is 4.90 Å². The maximum Gasteiger partial charge on any atom is 0.261 e. The molecular formula is C22H28FN3O5S. The molecule has 174 valence electrons. The van der Waals surface area contributed by atoms with Crippen molar-refractivity contribution in [3.8, 4) is 11.5 Å². The molecule has 8 nitrogen and oxygen atoms in total. The molecule has 2 aromatic rings. The minimum Gasteiger partial charge on any atom is -0.457 e. The van der Waals surface area contributed by atoms with Crippen LogP contribution in [0.25, 0.3) is 0 Å². The Bertz CT molecular complexity index is 991. The number of amides is 1. The largest absolute Gasteiger partial charge is 0.457 e. The van der Waals surface area contributed by atoms with E-state index in [4.69, 9.17) is 15.7 Å². The van der Waals surface area contributed by atoms with Crippen LogP contribution in [-0.4, -0.2) is 32.1 Å². The number of nitrogens with one attached hydrogen (secondary N) is 2. The average molecular weight is 466 g/mol. The lowest BCUT2D eigenvalue weighted by Gasteiger charge is -2.30. The summed E-state index contributed by atoms with van der Waals surface area (Å²) < 4.78 is 46.6. The fourth-order valence-corrected chi connectivity index (χ4v) is 5.11. The molecule has 1 saturated carbocycles. The first kappa shape index (κ1) is 24.1. The van der Waals surface area contributed by atoms with Gasteiger partial charge in [-0.05, 0) is 86.2 Å². The van der Waals surface area contributed by atoms with Gasteiger partial charge in [-0.2, -0.15) is 4.72 Å². The van der Waals surface area contributed by atoms with Crippen LogP contribution in [0.3, 0.4) is 0 Å². The number of ether oxygens (including phenoxy) is 1. The second kappa shape index (κ2) is 10.9. The Hall–Kier alpha value is -2.53. The molecule has 0 heterocycles. The molecule has 1 fully saturated rings. The monoisotopic (exact) mass is 465 g/mol. The molecule has 0 saturated heterocycles. The van der Waals surface area contributed by atoms with Crippen molar-refractivity contribution in [3.63, 3.8) is 0 Å². The molecule has 1 aliphatic carbocycles. The van der Waals surface area contributed by atoms with Gasteiger partial charge in [-0.3, -0.25) is 10.0 Å². The van der Waals surface area contributed by atoms with Gasteiger partial charge in [0.15, 0.2) is 0 Å². The molecule has 1 aliphatic rings. The van der Waals surface area contributed by atoms with Gasteiger partial charge in [0, 0.05) is 0 Å². The molecule has 0 aromatic heterocycles. The number of hydroxylamine groups is 1. The Labute approximate surface area is 187 Å². The van der Waals surface area contributed by atoms with E-state index in [0.29, 0.717) is 24.0 Å². The highest BCUT2D eigenvalue weighted by atomic mass is 32.2. The van der Waals surface area contributed by atoms with Gasteiger partial charge < -0.3 is 10.5 Å². The number of hydrogen-bond acceptors (Lipinski definition) is 6. The Balaban J connectivity index is 1.66. The number of rotatable bonds is 9. The fraction of sp³-hybridized carbons (Fsp3) is 0.409. The molecule has 0 bridgehead atoms. The normalized spacial score (nSPS) is 19.8. The Kier molecular flexibility index (Phi) is 8.19. The summed E-state index contributed by atoms with van der Waals surface area (Å²) in [4.78, 5) is 12.1. The van der Waals surface area contributed by atoms with E-state index in [1.807, 2.05) is 0 Å². The number of halogens is 1. The van der Waals surface area contributed by atoms with Crippen LogP contribution < -0.4 is 20.7 Å². The topological polar surface area (TPSA) is 131 Å². The van der Waals surface area contributed by atoms with E-state index < -0.39 is 27.8 Å². The molecule has 0 radical (unpaired) electrons. The molecule has 5 N–H and O–H groups in total. The molecule has 0 aliphatic heterocycles. The smallest absolute Gasteiger partial charge is 0.261 e. The third-order valence-electron chi connectivity index (χ3n) is 5.78. The van der Waals surface area contributed by atoms with Gasteiger partial charge in [-0.15, -0.1) is 0 Å². The minimum absolute atomic E-state index is 0.0495. The molecule has 2 aromatic carbocycles. The number of hydrogen-bond donors (Lipinski definition) is 4. The van der Waals surface area contributed by atoms with E-state index in [2.05, 4.69) is 4.72 Å². The van der Waals surface area contributed by atoms with Crippen molar-refractivity contribution < 1.29 is 27.5 Å². The zero-order valence-corrected chi connectivity index (χ0v) is 18.4. The van der Waals surface area contributed by atoms with E-state index >= 15 is 0 Å². The molecule has 1 atom stereocenters. The maximum absolute atomic E-state index is 13.0.